The van der Waals surface area contributed by atoms with Crippen molar-refractivity contribution >= 4 is 5.91 Å². The van der Waals surface area contributed by atoms with E-state index in [0.29, 0.717) is 19.5 Å². The van der Waals surface area contributed by atoms with Gasteiger partial charge in [0.2, 0.25) is 5.91 Å². The highest BCUT2D eigenvalue weighted by molar-refractivity contribution is 5.75. The fourth-order valence-electron chi connectivity index (χ4n) is 0.985. The molecule has 0 fully saturated rings. The summed E-state index contributed by atoms with van der Waals surface area (Å²) < 4.78 is 4.63. The summed E-state index contributed by atoms with van der Waals surface area (Å²) >= 11 is 0. The summed E-state index contributed by atoms with van der Waals surface area (Å²) in [4.78, 5) is 11.2. The predicted octanol–water partition coefficient (Wildman–Crippen LogP) is 0.290. The van der Waals surface area contributed by atoms with Gasteiger partial charge in [-0.05, 0) is 6.54 Å². The van der Waals surface area contributed by atoms with E-state index in [1.54, 1.807) is 6.07 Å². The molecule has 14 heavy (non-hydrogen) atoms. The number of nitrogens with zero attached hydrogens (tertiary/aromatic N) is 1. The average Bonchev–Trinajstić information content (AvgIpc) is 2.68. The van der Waals surface area contributed by atoms with Crippen LogP contribution >= 0.6 is 0 Å². The zero-order valence-electron chi connectivity index (χ0n) is 8.25. The van der Waals surface area contributed by atoms with Gasteiger partial charge in [-0.2, -0.15) is 0 Å². The summed E-state index contributed by atoms with van der Waals surface area (Å²) in [6.45, 7) is 4.03. The Balaban J connectivity index is 2.09. The van der Waals surface area contributed by atoms with E-state index in [4.69, 9.17) is 0 Å². The van der Waals surface area contributed by atoms with Gasteiger partial charge in [0.1, 0.15) is 12.0 Å². The highest BCUT2D eigenvalue weighted by atomic mass is 16.5. The van der Waals surface area contributed by atoms with Crippen molar-refractivity contribution in [3.05, 3.63) is 18.0 Å². The van der Waals surface area contributed by atoms with Gasteiger partial charge in [0.05, 0.1) is 6.54 Å². The molecule has 1 amide bonds. The Morgan fingerprint density at radius 3 is 3.14 bits per heavy atom. The summed E-state index contributed by atoms with van der Waals surface area (Å²) in [6, 6.07) is 1.73. The molecule has 0 aliphatic heterocycles. The van der Waals surface area contributed by atoms with Crippen LogP contribution < -0.4 is 10.6 Å². The second-order valence-electron chi connectivity index (χ2n) is 2.87. The first kappa shape index (κ1) is 10.7. The average molecular weight is 197 g/mol. The molecule has 0 saturated heterocycles. The van der Waals surface area contributed by atoms with Crippen LogP contribution in [0.5, 0.6) is 0 Å². The number of nitrogens with one attached hydrogen (secondary N) is 2. The van der Waals surface area contributed by atoms with E-state index in [2.05, 4.69) is 20.3 Å². The van der Waals surface area contributed by atoms with Crippen molar-refractivity contribution in [1.29, 1.82) is 0 Å². The third kappa shape index (κ3) is 4.04. The zero-order chi connectivity index (χ0) is 10.2. The normalized spacial score (nSPS) is 10.1. The lowest BCUT2D eigenvalue weighted by Gasteiger charge is -2.02. The van der Waals surface area contributed by atoms with Gasteiger partial charge in [-0.15, -0.1) is 0 Å². The number of carbonyl (C=O) groups is 1. The van der Waals surface area contributed by atoms with Crippen molar-refractivity contribution < 1.29 is 9.32 Å². The number of amides is 1. The molecule has 0 unspecified atom stereocenters. The molecule has 0 aromatic carbocycles. The minimum absolute atomic E-state index is 0.0222. The molecule has 0 bridgehead atoms. The molecule has 0 radical (unpaired) electrons. The maximum Gasteiger partial charge on any atom is 0.221 e. The second kappa shape index (κ2) is 6.15. The summed E-state index contributed by atoms with van der Waals surface area (Å²) in [5.41, 5.74) is 0.738. The van der Waals surface area contributed by atoms with Crippen LogP contribution in [0.2, 0.25) is 0 Å². The number of rotatable bonds is 6. The topological polar surface area (TPSA) is 67.2 Å². The standard InChI is InChI=1S/C9H15N3O2/c1-2-10-5-3-9(13)11-7-8-4-6-14-12-8/h4,6,10H,2-3,5,7H2,1H3,(H,11,13). The van der Waals surface area contributed by atoms with Gasteiger partial charge in [0, 0.05) is 19.0 Å². The lowest BCUT2D eigenvalue weighted by molar-refractivity contribution is -0.121. The van der Waals surface area contributed by atoms with Gasteiger partial charge >= 0.3 is 0 Å². The van der Waals surface area contributed by atoms with E-state index < -0.39 is 0 Å². The summed E-state index contributed by atoms with van der Waals surface area (Å²) in [5, 5.41) is 9.50. The van der Waals surface area contributed by atoms with Crippen LogP contribution in [0.4, 0.5) is 0 Å². The van der Waals surface area contributed by atoms with Gasteiger partial charge in [0.15, 0.2) is 0 Å². The number of aromatic nitrogens is 1. The first-order valence-corrected chi connectivity index (χ1v) is 4.69. The molecule has 1 aromatic rings. The van der Waals surface area contributed by atoms with Crippen LogP contribution in [-0.4, -0.2) is 24.2 Å². The number of hydrogen-bond acceptors (Lipinski definition) is 4. The Kier molecular flexibility index (Phi) is 4.71. The molecule has 0 atom stereocenters. The molecule has 78 valence electrons. The van der Waals surface area contributed by atoms with E-state index in [1.807, 2.05) is 6.92 Å². The second-order valence-corrected chi connectivity index (χ2v) is 2.87. The summed E-state index contributed by atoms with van der Waals surface area (Å²) in [7, 11) is 0. The van der Waals surface area contributed by atoms with Crippen molar-refractivity contribution in [2.75, 3.05) is 13.1 Å². The van der Waals surface area contributed by atoms with Crippen molar-refractivity contribution in [3.8, 4) is 0 Å². The monoisotopic (exact) mass is 197 g/mol. The molecule has 5 nitrogen and oxygen atoms in total. The Morgan fingerprint density at radius 2 is 2.50 bits per heavy atom. The molecule has 0 spiro atoms. The number of carbonyl (C=O) groups excluding carboxylic acids is 1. The first-order chi connectivity index (χ1) is 6.83. The maximum absolute atomic E-state index is 11.2. The molecular weight excluding hydrogens is 182 g/mol. The lowest BCUT2D eigenvalue weighted by Crippen LogP contribution is -2.27. The number of hydrogen-bond donors (Lipinski definition) is 2. The molecule has 0 aliphatic rings. The minimum atomic E-state index is 0.0222. The Morgan fingerprint density at radius 1 is 1.64 bits per heavy atom. The van der Waals surface area contributed by atoms with E-state index in [1.165, 1.54) is 6.26 Å². The third-order valence-corrected chi connectivity index (χ3v) is 1.74. The van der Waals surface area contributed by atoms with E-state index in [9.17, 15) is 4.79 Å². The van der Waals surface area contributed by atoms with Crippen molar-refractivity contribution in [3.63, 3.8) is 0 Å². The predicted molar refractivity (Wildman–Crippen MR) is 51.5 cm³/mol. The van der Waals surface area contributed by atoms with Crippen molar-refractivity contribution in [2.24, 2.45) is 0 Å². The minimum Gasteiger partial charge on any atom is -0.364 e. The van der Waals surface area contributed by atoms with Crippen LogP contribution in [0.1, 0.15) is 19.0 Å². The summed E-state index contributed by atoms with van der Waals surface area (Å²) in [5.74, 6) is 0.0222. The van der Waals surface area contributed by atoms with Crippen molar-refractivity contribution in [2.45, 2.75) is 19.9 Å². The zero-order valence-corrected chi connectivity index (χ0v) is 8.25. The van der Waals surface area contributed by atoms with Crippen molar-refractivity contribution in [1.82, 2.24) is 15.8 Å². The van der Waals surface area contributed by atoms with Crippen LogP contribution in [0.3, 0.4) is 0 Å². The van der Waals surface area contributed by atoms with E-state index in [0.717, 1.165) is 12.2 Å². The molecule has 1 heterocycles. The Hall–Kier alpha value is -1.36. The molecule has 1 rings (SSSR count). The molecule has 1 aromatic heterocycles. The van der Waals surface area contributed by atoms with Gasteiger partial charge in [-0.3, -0.25) is 4.79 Å². The molecule has 0 saturated carbocycles. The SMILES string of the molecule is CCNCCC(=O)NCc1ccon1. The molecule has 5 heteroatoms. The Labute approximate surface area is 82.8 Å². The van der Waals surface area contributed by atoms with Gasteiger partial charge in [-0.25, -0.2) is 0 Å². The Bertz CT molecular complexity index is 259. The van der Waals surface area contributed by atoms with E-state index in [-0.39, 0.29) is 5.91 Å². The first-order valence-electron chi connectivity index (χ1n) is 4.69. The quantitative estimate of drug-likeness (QED) is 0.643. The van der Waals surface area contributed by atoms with E-state index >= 15 is 0 Å². The lowest BCUT2D eigenvalue weighted by atomic mass is 10.3. The maximum atomic E-state index is 11.2. The van der Waals surface area contributed by atoms with Crippen LogP contribution in [0.25, 0.3) is 0 Å². The largest absolute Gasteiger partial charge is 0.364 e. The molecule has 2 N–H and O–H groups in total. The summed E-state index contributed by atoms with van der Waals surface area (Å²) in [6.07, 6.45) is 1.98. The van der Waals surface area contributed by atoms with Gasteiger partial charge in [0.25, 0.3) is 0 Å². The third-order valence-electron chi connectivity index (χ3n) is 1.74. The smallest absolute Gasteiger partial charge is 0.221 e. The molecule has 0 aliphatic carbocycles. The fraction of sp³-hybridized carbons (Fsp3) is 0.556. The highest BCUT2D eigenvalue weighted by Gasteiger charge is 2.01. The van der Waals surface area contributed by atoms with Gasteiger partial charge < -0.3 is 15.2 Å². The fourth-order valence-corrected chi connectivity index (χ4v) is 0.985. The van der Waals surface area contributed by atoms with Gasteiger partial charge in [-0.1, -0.05) is 12.1 Å². The van der Waals surface area contributed by atoms with Crippen LogP contribution in [-0.2, 0) is 11.3 Å². The van der Waals surface area contributed by atoms with Crippen LogP contribution in [0.15, 0.2) is 16.9 Å². The highest BCUT2D eigenvalue weighted by Crippen LogP contribution is 1.92. The van der Waals surface area contributed by atoms with Crippen LogP contribution in [0, 0.1) is 0 Å². The molecular formula is C9H15N3O2.